The molecule has 17 heavy (non-hydrogen) atoms. The van der Waals surface area contributed by atoms with Gasteiger partial charge in [-0.25, -0.2) is 0 Å². The third kappa shape index (κ3) is 3.33. The zero-order chi connectivity index (χ0) is 11.5. The topological polar surface area (TPSA) is 52.7 Å². The van der Waals surface area contributed by atoms with Gasteiger partial charge in [-0.1, -0.05) is 0 Å². The van der Waals surface area contributed by atoms with Crippen molar-refractivity contribution >= 4 is 24.2 Å². The smallest absolute Gasteiger partial charge is 0.242 e. The van der Waals surface area contributed by atoms with Gasteiger partial charge in [0, 0.05) is 32.6 Å². The lowest BCUT2D eigenvalue weighted by Gasteiger charge is -2.26. The van der Waals surface area contributed by atoms with E-state index in [-0.39, 0.29) is 30.8 Å². The molecule has 1 unspecified atom stereocenters. The first kappa shape index (κ1) is 14.3. The van der Waals surface area contributed by atoms with Crippen LogP contribution in [0.5, 0.6) is 0 Å². The number of rotatable bonds is 3. The Hall–Kier alpha value is -0.810. The predicted molar refractivity (Wildman–Crippen MR) is 67.1 cm³/mol. The Labute approximate surface area is 108 Å². The minimum atomic E-state index is 0. The summed E-state index contributed by atoms with van der Waals surface area (Å²) in [5.41, 5.74) is 0. The predicted octanol–water partition coefficient (Wildman–Crippen LogP) is -0.149. The minimum Gasteiger partial charge on any atom is -0.340 e. The SMILES string of the molecule is CN(C(=O)CN1CCCC1=O)C1CCNC1.Cl. The molecule has 0 spiro atoms. The molecule has 1 N–H and O–H groups in total. The molecule has 0 aromatic rings. The molecule has 0 bridgehead atoms. The van der Waals surface area contributed by atoms with E-state index < -0.39 is 0 Å². The van der Waals surface area contributed by atoms with Crippen molar-refractivity contribution in [3.05, 3.63) is 0 Å². The number of likely N-dealkylation sites (N-methyl/N-ethyl adjacent to an activating group) is 1. The third-order valence-corrected chi connectivity index (χ3v) is 3.47. The van der Waals surface area contributed by atoms with Crippen LogP contribution in [0.2, 0.25) is 0 Å². The number of carbonyl (C=O) groups excluding carboxylic acids is 2. The Morgan fingerprint density at radius 2 is 2.35 bits per heavy atom. The fourth-order valence-electron chi connectivity index (χ4n) is 2.32. The van der Waals surface area contributed by atoms with E-state index >= 15 is 0 Å². The number of likely N-dealkylation sites (tertiary alicyclic amines) is 1. The van der Waals surface area contributed by atoms with Crippen molar-refractivity contribution in [3.8, 4) is 0 Å². The summed E-state index contributed by atoms with van der Waals surface area (Å²) in [6.07, 6.45) is 2.50. The van der Waals surface area contributed by atoms with Crippen molar-refractivity contribution in [2.75, 3.05) is 33.2 Å². The van der Waals surface area contributed by atoms with Crippen LogP contribution in [-0.2, 0) is 9.59 Å². The summed E-state index contributed by atoms with van der Waals surface area (Å²) >= 11 is 0. The molecule has 2 aliphatic heterocycles. The molecule has 2 heterocycles. The lowest BCUT2D eigenvalue weighted by Crippen LogP contribution is -2.44. The van der Waals surface area contributed by atoms with E-state index in [0.717, 1.165) is 32.5 Å². The third-order valence-electron chi connectivity index (χ3n) is 3.47. The van der Waals surface area contributed by atoms with Crippen LogP contribution in [0, 0.1) is 0 Å². The molecule has 0 saturated carbocycles. The summed E-state index contributed by atoms with van der Waals surface area (Å²) in [6, 6.07) is 0.296. The Morgan fingerprint density at radius 1 is 1.59 bits per heavy atom. The van der Waals surface area contributed by atoms with Crippen LogP contribution in [0.15, 0.2) is 0 Å². The highest BCUT2D eigenvalue weighted by atomic mass is 35.5. The average molecular weight is 262 g/mol. The summed E-state index contributed by atoms with van der Waals surface area (Å²) in [4.78, 5) is 26.8. The molecule has 2 fully saturated rings. The first-order chi connectivity index (χ1) is 7.68. The van der Waals surface area contributed by atoms with Crippen LogP contribution >= 0.6 is 12.4 Å². The highest BCUT2D eigenvalue weighted by Gasteiger charge is 2.27. The van der Waals surface area contributed by atoms with Gasteiger partial charge < -0.3 is 15.1 Å². The number of hydrogen-bond donors (Lipinski definition) is 1. The maximum Gasteiger partial charge on any atom is 0.242 e. The molecule has 0 aromatic carbocycles. The fraction of sp³-hybridized carbons (Fsp3) is 0.818. The molecule has 5 nitrogen and oxygen atoms in total. The first-order valence-corrected chi connectivity index (χ1v) is 5.92. The van der Waals surface area contributed by atoms with Crippen molar-refractivity contribution in [1.29, 1.82) is 0 Å². The van der Waals surface area contributed by atoms with Crippen molar-refractivity contribution in [1.82, 2.24) is 15.1 Å². The van der Waals surface area contributed by atoms with E-state index in [0.29, 0.717) is 12.5 Å². The number of amides is 2. The van der Waals surface area contributed by atoms with E-state index in [4.69, 9.17) is 0 Å². The summed E-state index contributed by atoms with van der Waals surface area (Å²) in [7, 11) is 1.83. The Bertz CT molecular complexity index is 292. The van der Waals surface area contributed by atoms with Crippen molar-refractivity contribution in [3.63, 3.8) is 0 Å². The van der Waals surface area contributed by atoms with E-state index in [9.17, 15) is 9.59 Å². The van der Waals surface area contributed by atoms with Gasteiger partial charge >= 0.3 is 0 Å². The van der Waals surface area contributed by atoms with Gasteiger partial charge in [0.25, 0.3) is 0 Å². The second kappa shape index (κ2) is 6.21. The second-order valence-electron chi connectivity index (χ2n) is 4.57. The molecule has 6 heteroatoms. The molecule has 1 atom stereocenters. The number of halogens is 1. The molecule has 2 rings (SSSR count). The molecule has 0 radical (unpaired) electrons. The Kier molecular flexibility index (Phi) is 5.21. The van der Waals surface area contributed by atoms with Crippen molar-refractivity contribution in [2.45, 2.75) is 25.3 Å². The number of nitrogens with zero attached hydrogens (tertiary/aromatic N) is 2. The molecular weight excluding hydrogens is 242 g/mol. The van der Waals surface area contributed by atoms with Gasteiger partial charge in [-0.2, -0.15) is 0 Å². The molecular formula is C11H20ClN3O2. The summed E-state index contributed by atoms with van der Waals surface area (Å²) in [6.45, 7) is 2.84. The molecule has 0 aromatic heterocycles. The van der Waals surface area contributed by atoms with E-state index in [1.165, 1.54) is 0 Å². The Morgan fingerprint density at radius 3 is 2.88 bits per heavy atom. The van der Waals surface area contributed by atoms with Crippen LogP contribution in [0.3, 0.4) is 0 Å². The fourth-order valence-corrected chi connectivity index (χ4v) is 2.32. The van der Waals surface area contributed by atoms with Crippen molar-refractivity contribution < 1.29 is 9.59 Å². The van der Waals surface area contributed by atoms with Gasteiger partial charge in [-0.05, 0) is 19.4 Å². The zero-order valence-corrected chi connectivity index (χ0v) is 11.0. The lowest BCUT2D eigenvalue weighted by molar-refractivity contribution is -0.138. The highest BCUT2D eigenvalue weighted by Crippen LogP contribution is 2.11. The molecule has 2 aliphatic rings. The maximum absolute atomic E-state index is 11.9. The summed E-state index contributed by atoms with van der Waals surface area (Å²) in [5.74, 6) is 0.176. The van der Waals surface area contributed by atoms with Gasteiger partial charge in [0.15, 0.2) is 0 Å². The molecule has 0 aliphatic carbocycles. The summed E-state index contributed by atoms with van der Waals surface area (Å²) < 4.78 is 0. The normalized spacial score (nSPS) is 23.7. The van der Waals surface area contributed by atoms with Gasteiger partial charge in [0.05, 0.1) is 6.54 Å². The largest absolute Gasteiger partial charge is 0.340 e. The highest BCUT2D eigenvalue weighted by molar-refractivity contribution is 5.86. The van der Waals surface area contributed by atoms with E-state index in [1.54, 1.807) is 9.80 Å². The van der Waals surface area contributed by atoms with Gasteiger partial charge in [-0.15, -0.1) is 12.4 Å². The van der Waals surface area contributed by atoms with E-state index in [1.807, 2.05) is 7.05 Å². The van der Waals surface area contributed by atoms with Crippen LogP contribution in [0.25, 0.3) is 0 Å². The lowest BCUT2D eigenvalue weighted by atomic mass is 10.2. The standard InChI is InChI=1S/C11H19N3O2.ClH/c1-13(9-4-5-12-7-9)11(16)8-14-6-2-3-10(14)15;/h9,12H,2-8H2,1H3;1H. The van der Waals surface area contributed by atoms with Crippen LogP contribution in [0.4, 0.5) is 0 Å². The quantitative estimate of drug-likeness (QED) is 0.769. The molecule has 2 saturated heterocycles. The zero-order valence-electron chi connectivity index (χ0n) is 10.1. The minimum absolute atomic E-state index is 0. The molecule has 2 amide bonds. The monoisotopic (exact) mass is 261 g/mol. The van der Waals surface area contributed by atoms with Gasteiger partial charge in [0.2, 0.25) is 11.8 Å². The van der Waals surface area contributed by atoms with Gasteiger partial charge in [-0.3, -0.25) is 9.59 Å². The average Bonchev–Trinajstić information content (AvgIpc) is 2.89. The second-order valence-corrected chi connectivity index (χ2v) is 4.57. The van der Waals surface area contributed by atoms with Crippen LogP contribution in [-0.4, -0.2) is 60.9 Å². The number of nitrogens with one attached hydrogen (secondary N) is 1. The van der Waals surface area contributed by atoms with Crippen LogP contribution < -0.4 is 5.32 Å². The maximum atomic E-state index is 11.9. The van der Waals surface area contributed by atoms with Crippen LogP contribution in [0.1, 0.15) is 19.3 Å². The number of hydrogen-bond acceptors (Lipinski definition) is 3. The van der Waals surface area contributed by atoms with Crippen molar-refractivity contribution in [2.24, 2.45) is 0 Å². The first-order valence-electron chi connectivity index (χ1n) is 5.92. The summed E-state index contributed by atoms with van der Waals surface area (Å²) in [5, 5.41) is 3.24. The van der Waals surface area contributed by atoms with E-state index in [2.05, 4.69) is 5.32 Å². The molecule has 98 valence electrons. The Balaban J connectivity index is 0.00000144. The van der Waals surface area contributed by atoms with Gasteiger partial charge in [0.1, 0.15) is 0 Å². The number of carbonyl (C=O) groups is 2.